The number of nitriles is 1. The van der Waals surface area contributed by atoms with Crippen LogP contribution in [0.2, 0.25) is 0 Å². The van der Waals surface area contributed by atoms with E-state index < -0.39 is 11.4 Å². The van der Waals surface area contributed by atoms with Crippen LogP contribution in [0.4, 0.5) is 5.69 Å². The van der Waals surface area contributed by atoms with Gasteiger partial charge in [0.1, 0.15) is 0 Å². The first-order valence-corrected chi connectivity index (χ1v) is 4.98. The third-order valence-electron chi connectivity index (χ3n) is 3.05. The molecule has 0 spiro atoms. The molecule has 82 valence electrons. The van der Waals surface area contributed by atoms with Gasteiger partial charge in [-0.25, -0.2) is 4.79 Å². The molecule has 0 saturated heterocycles. The van der Waals surface area contributed by atoms with Crippen LogP contribution in [0.15, 0.2) is 18.2 Å². The zero-order valence-corrected chi connectivity index (χ0v) is 9.19. The quantitative estimate of drug-likeness (QED) is 0.774. The molecule has 4 heteroatoms. The molecule has 0 aliphatic carbocycles. The summed E-state index contributed by atoms with van der Waals surface area (Å²) in [4.78, 5) is 12.9. The van der Waals surface area contributed by atoms with Crippen molar-refractivity contribution >= 4 is 11.7 Å². The number of carboxylic acid groups (broad SMARTS) is 1. The molecule has 4 nitrogen and oxygen atoms in total. The van der Waals surface area contributed by atoms with Crippen LogP contribution < -0.4 is 4.90 Å². The van der Waals surface area contributed by atoms with E-state index in [1.165, 1.54) is 0 Å². The average molecular weight is 216 g/mol. The highest BCUT2D eigenvalue weighted by molar-refractivity contribution is 5.89. The molecule has 1 aromatic rings. The second-order valence-electron chi connectivity index (χ2n) is 4.34. The Morgan fingerprint density at radius 2 is 2.31 bits per heavy atom. The van der Waals surface area contributed by atoms with Gasteiger partial charge in [-0.15, -0.1) is 0 Å². The van der Waals surface area contributed by atoms with E-state index in [-0.39, 0.29) is 5.56 Å². The van der Waals surface area contributed by atoms with Gasteiger partial charge in [-0.3, -0.25) is 0 Å². The van der Waals surface area contributed by atoms with Crippen molar-refractivity contribution in [3.05, 3.63) is 29.3 Å². The van der Waals surface area contributed by atoms with Gasteiger partial charge in [-0.1, -0.05) is 0 Å². The molecule has 1 heterocycles. The summed E-state index contributed by atoms with van der Waals surface area (Å²) < 4.78 is 0. The van der Waals surface area contributed by atoms with E-state index in [9.17, 15) is 10.1 Å². The predicted molar refractivity (Wildman–Crippen MR) is 59.6 cm³/mol. The van der Waals surface area contributed by atoms with Gasteiger partial charge in [0.05, 0.1) is 17.0 Å². The number of aromatic carboxylic acids is 1. The van der Waals surface area contributed by atoms with E-state index in [1.54, 1.807) is 18.2 Å². The lowest BCUT2D eigenvalue weighted by Gasteiger charge is -2.15. The van der Waals surface area contributed by atoms with Crippen LogP contribution in [-0.2, 0) is 5.41 Å². The van der Waals surface area contributed by atoms with Crippen molar-refractivity contribution in [2.24, 2.45) is 0 Å². The number of carbonyl (C=O) groups is 1. The summed E-state index contributed by atoms with van der Waals surface area (Å²) in [5.74, 6) is -0.961. The van der Waals surface area contributed by atoms with E-state index in [0.29, 0.717) is 6.54 Å². The van der Waals surface area contributed by atoms with Crippen molar-refractivity contribution in [2.45, 2.75) is 12.3 Å². The zero-order chi connectivity index (χ0) is 11.9. The summed E-state index contributed by atoms with van der Waals surface area (Å²) in [7, 11) is 1.90. The van der Waals surface area contributed by atoms with Crippen LogP contribution in [0.3, 0.4) is 0 Å². The van der Waals surface area contributed by atoms with Crippen molar-refractivity contribution in [1.29, 1.82) is 5.26 Å². The lowest BCUT2D eigenvalue weighted by molar-refractivity contribution is 0.0697. The molecule has 1 N–H and O–H groups in total. The normalized spacial score (nSPS) is 22.7. The number of hydrogen-bond acceptors (Lipinski definition) is 3. The predicted octanol–water partition coefficient (Wildman–Crippen LogP) is 1.62. The minimum atomic E-state index is -0.961. The number of fused-ring (bicyclic) bond motifs is 1. The van der Waals surface area contributed by atoms with E-state index in [1.807, 2.05) is 18.9 Å². The van der Waals surface area contributed by atoms with Crippen molar-refractivity contribution in [1.82, 2.24) is 0 Å². The molecule has 1 atom stereocenters. The highest BCUT2D eigenvalue weighted by Crippen LogP contribution is 2.39. The molecular weight excluding hydrogens is 204 g/mol. The minimum Gasteiger partial charge on any atom is -0.478 e. The minimum absolute atomic E-state index is 0.232. The van der Waals surface area contributed by atoms with Crippen LogP contribution in [0.25, 0.3) is 0 Å². The Hall–Kier alpha value is -2.02. The highest BCUT2D eigenvalue weighted by Gasteiger charge is 2.38. The number of hydrogen-bond donors (Lipinski definition) is 1. The smallest absolute Gasteiger partial charge is 0.335 e. The third kappa shape index (κ3) is 1.33. The molecule has 0 radical (unpaired) electrons. The number of nitrogens with zero attached hydrogens (tertiary/aromatic N) is 2. The SMILES string of the molecule is CN1CC(C)(C#N)c2cc(C(=O)O)ccc21. The Bertz CT molecular complexity index is 504. The number of likely N-dealkylation sites (N-methyl/N-ethyl adjacent to an activating group) is 1. The molecule has 1 aliphatic rings. The second-order valence-corrected chi connectivity index (χ2v) is 4.34. The van der Waals surface area contributed by atoms with Gasteiger partial charge >= 0.3 is 5.97 Å². The fourth-order valence-electron chi connectivity index (χ4n) is 2.18. The molecule has 2 rings (SSSR count). The summed E-state index contributed by atoms with van der Waals surface area (Å²) in [5.41, 5.74) is 1.36. The Morgan fingerprint density at radius 1 is 1.62 bits per heavy atom. The first-order valence-electron chi connectivity index (χ1n) is 4.98. The first kappa shape index (κ1) is 10.5. The van der Waals surface area contributed by atoms with Crippen LogP contribution in [0.5, 0.6) is 0 Å². The van der Waals surface area contributed by atoms with Gasteiger partial charge in [0.25, 0.3) is 0 Å². The van der Waals surface area contributed by atoms with Crippen LogP contribution in [0, 0.1) is 11.3 Å². The molecular formula is C12H12N2O2. The van der Waals surface area contributed by atoms with Crippen molar-refractivity contribution in [2.75, 3.05) is 18.5 Å². The number of rotatable bonds is 1. The first-order chi connectivity index (χ1) is 7.48. The fraction of sp³-hybridized carbons (Fsp3) is 0.333. The summed E-state index contributed by atoms with van der Waals surface area (Å²) in [6.07, 6.45) is 0. The van der Waals surface area contributed by atoms with Gasteiger partial charge < -0.3 is 10.0 Å². The summed E-state index contributed by atoms with van der Waals surface area (Å²) >= 11 is 0. The highest BCUT2D eigenvalue weighted by atomic mass is 16.4. The molecule has 0 fully saturated rings. The lowest BCUT2D eigenvalue weighted by atomic mass is 9.85. The van der Waals surface area contributed by atoms with Gasteiger partial charge in [0, 0.05) is 19.3 Å². The molecule has 0 aromatic heterocycles. The summed E-state index contributed by atoms with van der Waals surface area (Å²) in [6.45, 7) is 2.43. The largest absolute Gasteiger partial charge is 0.478 e. The van der Waals surface area contributed by atoms with Gasteiger partial charge in [-0.2, -0.15) is 5.26 Å². The molecule has 16 heavy (non-hydrogen) atoms. The Morgan fingerprint density at radius 3 is 2.88 bits per heavy atom. The monoisotopic (exact) mass is 216 g/mol. The lowest BCUT2D eigenvalue weighted by Crippen LogP contribution is -2.26. The topological polar surface area (TPSA) is 64.3 Å². The number of anilines is 1. The van der Waals surface area contributed by atoms with E-state index >= 15 is 0 Å². The molecule has 1 aromatic carbocycles. The van der Waals surface area contributed by atoms with E-state index in [4.69, 9.17) is 5.11 Å². The zero-order valence-electron chi connectivity index (χ0n) is 9.19. The van der Waals surface area contributed by atoms with Gasteiger partial charge in [-0.05, 0) is 30.7 Å². The Labute approximate surface area is 93.7 Å². The van der Waals surface area contributed by atoms with Gasteiger partial charge in [0.2, 0.25) is 0 Å². The van der Waals surface area contributed by atoms with E-state index in [2.05, 4.69) is 6.07 Å². The average Bonchev–Trinajstić information content (AvgIpc) is 2.52. The Kier molecular flexibility index (Phi) is 2.13. The molecule has 0 saturated carbocycles. The van der Waals surface area contributed by atoms with Crippen molar-refractivity contribution in [3.63, 3.8) is 0 Å². The van der Waals surface area contributed by atoms with Crippen LogP contribution in [0.1, 0.15) is 22.8 Å². The number of carboxylic acids is 1. The fourth-order valence-corrected chi connectivity index (χ4v) is 2.18. The Balaban J connectivity index is 2.62. The van der Waals surface area contributed by atoms with Crippen molar-refractivity contribution in [3.8, 4) is 6.07 Å². The molecule has 0 bridgehead atoms. The maximum Gasteiger partial charge on any atom is 0.335 e. The standard InChI is InChI=1S/C12H12N2O2/c1-12(6-13)7-14(2)10-4-3-8(11(15)16)5-9(10)12/h3-5H,7H2,1-2H3,(H,15,16). The van der Waals surface area contributed by atoms with E-state index in [0.717, 1.165) is 11.3 Å². The van der Waals surface area contributed by atoms with Crippen LogP contribution >= 0.6 is 0 Å². The maximum absolute atomic E-state index is 10.9. The van der Waals surface area contributed by atoms with Crippen molar-refractivity contribution < 1.29 is 9.90 Å². The molecule has 0 amide bonds. The van der Waals surface area contributed by atoms with Gasteiger partial charge in [0.15, 0.2) is 0 Å². The second kappa shape index (κ2) is 3.24. The third-order valence-corrected chi connectivity index (χ3v) is 3.05. The molecule has 1 unspecified atom stereocenters. The molecule has 1 aliphatic heterocycles. The maximum atomic E-state index is 10.9. The summed E-state index contributed by atoms with van der Waals surface area (Å²) in [6, 6.07) is 7.20. The summed E-state index contributed by atoms with van der Waals surface area (Å²) in [5, 5.41) is 18.1. The van der Waals surface area contributed by atoms with Crippen LogP contribution in [-0.4, -0.2) is 24.7 Å². The number of benzene rings is 1.